The first-order valence-corrected chi connectivity index (χ1v) is 10.2. The summed E-state index contributed by atoms with van der Waals surface area (Å²) in [5, 5.41) is 21.6. The van der Waals surface area contributed by atoms with Gasteiger partial charge >= 0.3 is 5.97 Å². The second kappa shape index (κ2) is 9.23. The van der Waals surface area contributed by atoms with Gasteiger partial charge in [-0.2, -0.15) is 0 Å². The van der Waals surface area contributed by atoms with Crippen molar-refractivity contribution >= 4 is 17.0 Å². The Kier molecular flexibility index (Phi) is 6.25. The summed E-state index contributed by atoms with van der Waals surface area (Å²) in [4.78, 5) is 11.5. The molecule has 2 N–H and O–H groups in total. The van der Waals surface area contributed by atoms with Crippen molar-refractivity contribution in [2.45, 2.75) is 38.3 Å². The molecule has 0 spiro atoms. The van der Waals surface area contributed by atoms with Crippen LogP contribution in [0.2, 0.25) is 0 Å². The molecule has 0 fully saturated rings. The van der Waals surface area contributed by atoms with Crippen molar-refractivity contribution in [3.63, 3.8) is 0 Å². The molecule has 2 aromatic carbocycles. The third-order valence-electron chi connectivity index (χ3n) is 5.33. The van der Waals surface area contributed by atoms with Crippen molar-refractivity contribution in [3.8, 4) is 5.75 Å². The zero-order valence-corrected chi connectivity index (χ0v) is 16.8. The van der Waals surface area contributed by atoms with Gasteiger partial charge in [-0.25, -0.2) is 9.42 Å². The number of hydrogen-bond donors (Lipinski definition) is 2. The maximum atomic E-state index is 11.5. The zero-order valence-electron chi connectivity index (χ0n) is 16.8. The monoisotopic (exact) mass is 411 g/mol. The number of esters is 1. The molecule has 4 rings (SSSR count). The van der Waals surface area contributed by atoms with Crippen LogP contribution in [0.25, 0.3) is 11.0 Å². The number of nitrogens with one attached hydrogen (secondary N) is 1. The molecule has 2 unspecified atom stereocenters. The van der Waals surface area contributed by atoms with Crippen molar-refractivity contribution in [3.05, 3.63) is 53.1 Å². The lowest BCUT2D eigenvalue weighted by Gasteiger charge is -2.27. The number of aromatic nitrogens is 2. The Morgan fingerprint density at radius 2 is 2.10 bits per heavy atom. The fourth-order valence-electron chi connectivity index (χ4n) is 3.74. The summed E-state index contributed by atoms with van der Waals surface area (Å²) in [5.41, 5.74) is 4.57. The maximum absolute atomic E-state index is 11.5. The number of carbonyl (C=O) groups excluding carboxylic acids is 1. The number of nitrogens with zero attached hydrogens (tertiary/aromatic N) is 2. The third-order valence-corrected chi connectivity index (χ3v) is 5.33. The molecule has 1 aliphatic rings. The average molecular weight is 411 g/mol. The molecular weight excluding hydrogens is 386 g/mol. The Morgan fingerprint density at radius 1 is 1.23 bits per heavy atom. The quantitative estimate of drug-likeness (QED) is 0.544. The van der Waals surface area contributed by atoms with Crippen LogP contribution in [0.5, 0.6) is 5.75 Å². The Bertz CT molecular complexity index is 1020. The van der Waals surface area contributed by atoms with E-state index in [1.807, 2.05) is 18.2 Å². The van der Waals surface area contributed by atoms with Crippen LogP contribution in [-0.4, -0.2) is 47.2 Å². The van der Waals surface area contributed by atoms with Gasteiger partial charge in [0, 0.05) is 12.6 Å². The molecule has 0 saturated carbocycles. The fourth-order valence-corrected chi connectivity index (χ4v) is 3.74. The van der Waals surface area contributed by atoms with Crippen LogP contribution in [0.15, 0.2) is 41.0 Å². The molecular formula is C22H25N3O5. The van der Waals surface area contributed by atoms with Gasteiger partial charge < -0.3 is 19.9 Å². The van der Waals surface area contributed by atoms with Crippen LogP contribution in [-0.2, 0) is 22.4 Å². The SMILES string of the molecule is CCOC(=O)COc1ccc2c(c1)CC(NCC(O)c1ccc3nonc3c1)CC2. The van der Waals surface area contributed by atoms with Crippen LogP contribution in [0, 0.1) is 0 Å². The van der Waals surface area contributed by atoms with Gasteiger partial charge in [0.2, 0.25) is 0 Å². The summed E-state index contributed by atoms with van der Waals surface area (Å²) in [6, 6.07) is 11.6. The molecule has 2 atom stereocenters. The molecule has 0 amide bonds. The normalized spacial score (nSPS) is 16.8. The molecule has 0 bridgehead atoms. The summed E-state index contributed by atoms with van der Waals surface area (Å²) >= 11 is 0. The summed E-state index contributed by atoms with van der Waals surface area (Å²) < 4.78 is 15.2. The Balaban J connectivity index is 1.32. The summed E-state index contributed by atoms with van der Waals surface area (Å²) in [6.45, 7) is 2.46. The lowest BCUT2D eigenvalue weighted by Crippen LogP contribution is -2.37. The number of aliphatic hydroxyl groups is 1. The molecule has 8 heteroatoms. The van der Waals surface area contributed by atoms with Crippen LogP contribution in [0.3, 0.4) is 0 Å². The molecule has 8 nitrogen and oxygen atoms in total. The summed E-state index contributed by atoms with van der Waals surface area (Å²) in [5.74, 6) is 0.292. The predicted octanol–water partition coefficient (Wildman–Crippen LogP) is 2.35. The number of benzene rings is 2. The Morgan fingerprint density at radius 3 is 2.97 bits per heavy atom. The number of ether oxygens (including phenoxy) is 2. The fraction of sp³-hybridized carbons (Fsp3) is 0.409. The van der Waals surface area contributed by atoms with Gasteiger partial charge in [0.1, 0.15) is 16.8 Å². The van der Waals surface area contributed by atoms with Crippen LogP contribution >= 0.6 is 0 Å². The molecule has 1 heterocycles. The molecule has 1 aromatic heterocycles. The van der Waals surface area contributed by atoms with Crippen molar-refractivity contribution in [2.75, 3.05) is 19.8 Å². The van der Waals surface area contributed by atoms with E-state index in [4.69, 9.17) is 14.1 Å². The van der Waals surface area contributed by atoms with E-state index in [0.717, 1.165) is 24.8 Å². The van der Waals surface area contributed by atoms with Gasteiger partial charge in [-0.1, -0.05) is 12.1 Å². The van der Waals surface area contributed by atoms with Gasteiger partial charge in [-0.05, 0) is 77.5 Å². The van der Waals surface area contributed by atoms with Crippen LogP contribution in [0.1, 0.15) is 36.1 Å². The number of aliphatic hydroxyl groups excluding tert-OH is 1. The summed E-state index contributed by atoms with van der Waals surface area (Å²) in [6.07, 6.45) is 2.14. The van der Waals surface area contributed by atoms with Gasteiger partial charge in [0.05, 0.1) is 12.7 Å². The van der Waals surface area contributed by atoms with Gasteiger partial charge in [-0.3, -0.25) is 0 Å². The first kappa shape index (κ1) is 20.3. The maximum Gasteiger partial charge on any atom is 0.344 e. The van der Waals surface area contributed by atoms with E-state index < -0.39 is 6.10 Å². The number of carbonyl (C=O) groups is 1. The molecule has 158 valence electrons. The first-order chi connectivity index (χ1) is 14.6. The smallest absolute Gasteiger partial charge is 0.344 e. The molecule has 30 heavy (non-hydrogen) atoms. The molecule has 1 aliphatic carbocycles. The van der Waals surface area contributed by atoms with Crippen LogP contribution < -0.4 is 10.1 Å². The number of rotatable bonds is 8. The van der Waals surface area contributed by atoms with E-state index in [2.05, 4.69) is 21.7 Å². The Labute approximate surface area is 174 Å². The van der Waals surface area contributed by atoms with E-state index in [-0.39, 0.29) is 18.6 Å². The molecule has 0 radical (unpaired) electrons. The van der Waals surface area contributed by atoms with Gasteiger partial charge in [0.15, 0.2) is 6.61 Å². The predicted molar refractivity (Wildman–Crippen MR) is 109 cm³/mol. The lowest BCUT2D eigenvalue weighted by atomic mass is 9.88. The highest BCUT2D eigenvalue weighted by Crippen LogP contribution is 2.26. The van der Waals surface area contributed by atoms with Crippen molar-refractivity contribution in [1.29, 1.82) is 0 Å². The highest BCUT2D eigenvalue weighted by atomic mass is 16.6. The second-order valence-electron chi connectivity index (χ2n) is 7.40. The third kappa shape index (κ3) is 4.77. The number of hydrogen-bond acceptors (Lipinski definition) is 8. The van der Waals surface area contributed by atoms with E-state index in [1.54, 1.807) is 19.1 Å². The Hall–Kier alpha value is -2.97. The van der Waals surface area contributed by atoms with Gasteiger partial charge in [-0.15, -0.1) is 0 Å². The average Bonchev–Trinajstić information content (AvgIpc) is 3.24. The van der Waals surface area contributed by atoms with Crippen LogP contribution in [0.4, 0.5) is 0 Å². The number of fused-ring (bicyclic) bond motifs is 2. The first-order valence-electron chi connectivity index (χ1n) is 10.2. The minimum atomic E-state index is -0.647. The minimum absolute atomic E-state index is 0.0914. The lowest BCUT2D eigenvalue weighted by molar-refractivity contribution is -0.145. The molecule has 0 aliphatic heterocycles. The highest BCUT2D eigenvalue weighted by molar-refractivity contribution is 5.73. The number of aryl methyl sites for hydroxylation is 1. The second-order valence-corrected chi connectivity index (χ2v) is 7.40. The molecule has 3 aromatic rings. The van der Waals surface area contributed by atoms with E-state index in [0.29, 0.717) is 29.9 Å². The van der Waals surface area contributed by atoms with Gasteiger partial charge in [0.25, 0.3) is 0 Å². The zero-order chi connectivity index (χ0) is 20.9. The van der Waals surface area contributed by atoms with Crippen molar-refractivity contribution in [1.82, 2.24) is 15.6 Å². The van der Waals surface area contributed by atoms with Crippen molar-refractivity contribution in [2.24, 2.45) is 0 Å². The summed E-state index contributed by atoms with van der Waals surface area (Å²) in [7, 11) is 0. The van der Waals surface area contributed by atoms with E-state index in [9.17, 15) is 9.90 Å². The minimum Gasteiger partial charge on any atom is -0.482 e. The highest BCUT2D eigenvalue weighted by Gasteiger charge is 2.20. The van der Waals surface area contributed by atoms with E-state index in [1.165, 1.54) is 11.1 Å². The molecule has 0 saturated heterocycles. The van der Waals surface area contributed by atoms with E-state index >= 15 is 0 Å². The standard InChI is InChI=1S/C22H25N3O5/c1-2-28-22(27)13-29-18-7-4-14-3-6-17(9-16(14)10-18)23-12-21(26)15-5-8-19-20(11-15)25-30-24-19/h4-5,7-8,10-11,17,21,23,26H,2-3,6,9,12-13H2,1H3. The van der Waals surface area contributed by atoms with Crippen molar-refractivity contribution < 1.29 is 24.0 Å². The largest absolute Gasteiger partial charge is 0.482 e. The topological polar surface area (TPSA) is 107 Å².